The summed E-state index contributed by atoms with van der Waals surface area (Å²) in [5, 5.41) is 4.17. The Morgan fingerprint density at radius 2 is 2.08 bits per heavy atom. The van der Waals surface area contributed by atoms with Crippen molar-refractivity contribution in [3.05, 3.63) is 66.4 Å². The first-order valence-electron chi connectivity index (χ1n) is 8.70. The minimum atomic E-state index is -0.0903. The van der Waals surface area contributed by atoms with Crippen molar-refractivity contribution in [2.45, 2.75) is 6.42 Å². The summed E-state index contributed by atoms with van der Waals surface area (Å²) in [5.74, 6) is 0.725. The van der Waals surface area contributed by atoms with Crippen LogP contribution in [-0.2, 0) is 0 Å². The van der Waals surface area contributed by atoms with Gasteiger partial charge in [-0.3, -0.25) is 0 Å². The van der Waals surface area contributed by atoms with E-state index in [9.17, 15) is 4.79 Å². The number of carbonyl (C=O) groups excluding carboxylic acids is 1. The van der Waals surface area contributed by atoms with Crippen molar-refractivity contribution in [2.75, 3.05) is 25.5 Å². The van der Waals surface area contributed by atoms with Crippen molar-refractivity contribution in [2.24, 2.45) is 0 Å². The van der Waals surface area contributed by atoms with Crippen molar-refractivity contribution in [1.82, 2.24) is 9.88 Å². The number of amides is 2. The minimum Gasteiger partial charge on any atom is -0.497 e. The SMILES string of the molecule is COc1cccc(NC(=O)N2CC=C(c3c[nH]c4ccccc34)CC2)c1. The van der Waals surface area contributed by atoms with E-state index in [-0.39, 0.29) is 6.03 Å². The van der Waals surface area contributed by atoms with Crippen molar-refractivity contribution >= 4 is 28.2 Å². The number of para-hydroxylation sites is 1. The molecule has 0 spiro atoms. The molecule has 5 heteroatoms. The second-order valence-electron chi connectivity index (χ2n) is 6.34. The molecule has 3 aromatic rings. The molecule has 0 unspecified atom stereocenters. The third kappa shape index (κ3) is 3.16. The molecule has 1 aromatic heterocycles. The zero-order valence-corrected chi connectivity index (χ0v) is 14.7. The van der Waals surface area contributed by atoms with Crippen LogP contribution in [0.1, 0.15) is 12.0 Å². The molecule has 2 aromatic carbocycles. The fraction of sp³-hybridized carbons (Fsp3) is 0.190. The summed E-state index contributed by atoms with van der Waals surface area (Å²) in [6, 6.07) is 15.6. The number of aromatic nitrogens is 1. The summed E-state index contributed by atoms with van der Waals surface area (Å²) in [6.07, 6.45) is 5.04. The van der Waals surface area contributed by atoms with Gasteiger partial charge in [-0.1, -0.05) is 30.3 Å². The van der Waals surface area contributed by atoms with Crippen molar-refractivity contribution in [1.29, 1.82) is 0 Å². The number of hydrogen-bond acceptors (Lipinski definition) is 2. The maximum atomic E-state index is 12.5. The van der Waals surface area contributed by atoms with Crippen molar-refractivity contribution in [3.63, 3.8) is 0 Å². The molecular weight excluding hydrogens is 326 g/mol. The van der Waals surface area contributed by atoms with Crippen molar-refractivity contribution in [3.8, 4) is 5.75 Å². The predicted octanol–water partition coefficient (Wildman–Crippen LogP) is 4.50. The van der Waals surface area contributed by atoms with E-state index >= 15 is 0 Å². The number of urea groups is 1. The molecule has 1 aliphatic heterocycles. The first-order valence-corrected chi connectivity index (χ1v) is 8.70. The summed E-state index contributed by atoms with van der Waals surface area (Å²) in [6.45, 7) is 1.30. The fourth-order valence-corrected chi connectivity index (χ4v) is 3.34. The van der Waals surface area contributed by atoms with E-state index in [2.05, 4.69) is 40.8 Å². The number of ether oxygens (including phenoxy) is 1. The third-order valence-electron chi connectivity index (χ3n) is 4.75. The van der Waals surface area contributed by atoms with E-state index in [1.807, 2.05) is 35.2 Å². The highest BCUT2D eigenvalue weighted by molar-refractivity contribution is 5.94. The third-order valence-corrected chi connectivity index (χ3v) is 4.75. The van der Waals surface area contributed by atoms with Gasteiger partial charge in [0.05, 0.1) is 7.11 Å². The number of nitrogens with one attached hydrogen (secondary N) is 2. The molecule has 0 atom stereocenters. The van der Waals surface area contributed by atoms with Gasteiger partial charge in [0.2, 0.25) is 0 Å². The molecule has 0 saturated heterocycles. The number of methoxy groups -OCH3 is 1. The number of nitrogens with zero attached hydrogens (tertiary/aromatic N) is 1. The van der Waals surface area contributed by atoms with Gasteiger partial charge in [0.15, 0.2) is 0 Å². The van der Waals surface area contributed by atoms with E-state index in [0.717, 1.165) is 23.4 Å². The van der Waals surface area contributed by atoms with Crippen LogP contribution in [0.25, 0.3) is 16.5 Å². The van der Waals surface area contributed by atoms with Crippen LogP contribution in [0.2, 0.25) is 0 Å². The summed E-state index contributed by atoms with van der Waals surface area (Å²) in [4.78, 5) is 17.6. The number of carbonyl (C=O) groups is 1. The molecule has 26 heavy (non-hydrogen) atoms. The Bertz CT molecular complexity index is 974. The van der Waals surface area contributed by atoms with Crippen LogP contribution < -0.4 is 10.1 Å². The van der Waals surface area contributed by atoms with Gasteiger partial charge in [0.25, 0.3) is 0 Å². The lowest BCUT2D eigenvalue weighted by molar-refractivity contribution is 0.217. The summed E-state index contributed by atoms with van der Waals surface area (Å²) >= 11 is 0. The number of fused-ring (bicyclic) bond motifs is 1. The highest BCUT2D eigenvalue weighted by Crippen LogP contribution is 2.29. The van der Waals surface area contributed by atoms with Gasteiger partial charge in [-0.05, 0) is 30.2 Å². The first kappa shape index (κ1) is 16.3. The standard InChI is InChI=1S/C21H21N3O2/c1-26-17-6-4-5-16(13-17)23-21(25)24-11-9-15(10-12-24)19-14-22-20-8-3-2-7-18(19)20/h2-9,13-14,22H,10-12H2,1H3,(H,23,25). The van der Waals surface area contributed by atoms with Gasteiger partial charge in [-0.25, -0.2) is 4.79 Å². The van der Waals surface area contributed by atoms with Gasteiger partial charge >= 0.3 is 6.03 Å². The predicted molar refractivity (Wildman–Crippen MR) is 104 cm³/mol. The zero-order chi connectivity index (χ0) is 17.9. The summed E-state index contributed by atoms with van der Waals surface area (Å²) in [5.41, 5.74) is 4.39. The number of anilines is 1. The molecular formula is C21H21N3O2. The Morgan fingerprint density at radius 3 is 2.88 bits per heavy atom. The second-order valence-corrected chi connectivity index (χ2v) is 6.34. The Balaban J connectivity index is 1.46. The normalized spacial score (nSPS) is 14.2. The topological polar surface area (TPSA) is 57.4 Å². The van der Waals surface area contributed by atoms with Crippen LogP contribution in [0, 0.1) is 0 Å². The Labute approximate surface area is 152 Å². The molecule has 2 amide bonds. The minimum absolute atomic E-state index is 0.0903. The van der Waals surface area contributed by atoms with Crippen LogP contribution in [0.15, 0.2) is 60.8 Å². The molecule has 0 aliphatic carbocycles. The average molecular weight is 347 g/mol. The van der Waals surface area contributed by atoms with Crippen molar-refractivity contribution < 1.29 is 9.53 Å². The molecule has 0 radical (unpaired) electrons. The monoisotopic (exact) mass is 347 g/mol. The van der Waals surface area contributed by atoms with Crippen LogP contribution in [0.5, 0.6) is 5.75 Å². The molecule has 132 valence electrons. The zero-order valence-electron chi connectivity index (χ0n) is 14.7. The smallest absolute Gasteiger partial charge is 0.322 e. The molecule has 5 nitrogen and oxygen atoms in total. The van der Waals surface area contributed by atoms with Gasteiger partial charge in [0, 0.05) is 47.5 Å². The lowest BCUT2D eigenvalue weighted by Crippen LogP contribution is -2.37. The van der Waals surface area contributed by atoms with Gasteiger partial charge in [0.1, 0.15) is 5.75 Å². The Hall–Kier alpha value is -3.21. The van der Waals surface area contributed by atoms with Crippen LogP contribution in [0.3, 0.4) is 0 Å². The number of hydrogen-bond donors (Lipinski definition) is 2. The maximum absolute atomic E-state index is 12.5. The van der Waals surface area contributed by atoms with Gasteiger partial charge in [-0.2, -0.15) is 0 Å². The van der Waals surface area contributed by atoms with E-state index in [4.69, 9.17) is 4.74 Å². The second kappa shape index (κ2) is 6.96. The number of rotatable bonds is 3. The lowest BCUT2D eigenvalue weighted by Gasteiger charge is -2.26. The largest absolute Gasteiger partial charge is 0.497 e. The fourth-order valence-electron chi connectivity index (χ4n) is 3.34. The molecule has 0 saturated carbocycles. The highest BCUT2D eigenvalue weighted by Gasteiger charge is 2.19. The van der Waals surface area contributed by atoms with Gasteiger partial charge in [-0.15, -0.1) is 0 Å². The van der Waals surface area contributed by atoms with Gasteiger partial charge < -0.3 is 19.9 Å². The molecule has 0 bridgehead atoms. The van der Waals surface area contributed by atoms with Crippen LogP contribution >= 0.6 is 0 Å². The molecule has 2 heterocycles. The number of aromatic amines is 1. The summed E-state index contributed by atoms with van der Waals surface area (Å²) in [7, 11) is 1.61. The van der Waals surface area contributed by atoms with E-state index in [1.165, 1.54) is 16.5 Å². The molecule has 0 fully saturated rings. The Morgan fingerprint density at radius 1 is 1.19 bits per heavy atom. The van der Waals surface area contributed by atoms with Crippen LogP contribution in [0.4, 0.5) is 10.5 Å². The maximum Gasteiger partial charge on any atom is 0.322 e. The molecule has 2 N–H and O–H groups in total. The number of H-pyrrole nitrogens is 1. The highest BCUT2D eigenvalue weighted by atomic mass is 16.5. The van der Waals surface area contributed by atoms with E-state index < -0.39 is 0 Å². The quantitative estimate of drug-likeness (QED) is 0.733. The van der Waals surface area contributed by atoms with E-state index in [0.29, 0.717) is 13.1 Å². The van der Waals surface area contributed by atoms with E-state index in [1.54, 1.807) is 7.11 Å². The number of benzene rings is 2. The average Bonchev–Trinajstić information content (AvgIpc) is 3.12. The first-order chi connectivity index (χ1) is 12.7. The van der Waals surface area contributed by atoms with Crippen LogP contribution in [-0.4, -0.2) is 36.1 Å². The molecule has 4 rings (SSSR count). The summed E-state index contributed by atoms with van der Waals surface area (Å²) < 4.78 is 5.20. The Kier molecular flexibility index (Phi) is 4.35. The molecule has 1 aliphatic rings. The lowest BCUT2D eigenvalue weighted by atomic mass is 9.99.